The Hall–Kier alpha value is -4.13. The van der Waals surface area contributed by atoms with E-state index >= 15 is 0 Å². The zero-order valence-electron chi connectivity index (χ0n) is 19.8. The molecule has 1 heterocycles. The van der Waals surface area contributed by atoms with Crippen molar-refractivity contribution in [1.29, 1.82) is 0 Å². The molecular weight excluding hydrogens is 505 g/mol. The van der Waals surface area contributed by atoms with Crippen molar-refractivity contribution in [3.05, 3.63) is 80.8 Å². The summed E-state index contributed by atoms with van der Waals surface area (Å²) in [6.07, 6.45) is -0.682. The van der Waals surface area contributed by atoms with Crippen LogP contribution in [0.5, 0.6) is 5.75 Å². The SMILES string of the molecule is CC(C)(Cc1ccc(C(=O)Oc2ccc(C(N)N)cc2F)s1)C(=O)Nc1cc(C(=O)O)cc(C(=O)O)c1. The number of thiophene rings is 1. The first-order valence-electron chi connectivity index (χ1n) is 10.8. The minimum atomic E-state index is -1.34. The van der Waals surface area contributed by atoms with Crippen molar-refractivity contribution in [2.75, 3.05) is 5.32 Å². The Bertz CT molecular complexity index is 1350. The number of carbonyl (C=O) groups is 4. The molecule has 194 valence electrons. The van der Waals surface area contributed by atoms with Crippen LogP contribution in [0.4, 0.5) is 10.1 Å². The van der Waals surface area contributed by atoms with Gasteiger partial charge in [-0.25, -0.2) is 18.8 Å². The largest absolute Gasteiger partial charge is 0.478 e. The van der Waals surface area contributed by atoms with Crippen LogP contribution in [0.25, 0.3) is 0 Å². The standard InChI is InChI=1S/C25H24FN3O7S/c1-25(2,24(35)29-15-8-13(21(30)31)7-14(9-15)22(32)33)11-16-4-6-19(37-16)23(34)36-18-5-3-12(20(27)28)10-17(18)26/h3-10,20H,11,27-28H2,1-2H3,(H,29,35)(H,30,31)(H,32,33). The summed E-state index contributed by atoms with van der Waals surface area (Å²) in [6.45, 7) is 3.27. The van der Waals surface area contributed by atoms with Crippen molar-refractivity contribution in [2.24, 2.45) is 16.9 Å². The first-order valence-corrected chi connectivity index (χ1v) is 11.6. The number of nitrogens with two attached hydrogens (primary N) is 2. The van der Waals surface area contributed by atoms with Crippen LogP contribution in [0.15, 0.2) is 48.5 Å². The summed E-state index contributed by atoms with van der Waals surface area (Å²) in [7, 11) is 0. The first-order chi connectivity index (χ1) is 17.3. The third-order valence-corrected chi connectivity index (χ3v) is 6.39. The number of halogens is 1. The summed E-state index contributed by atoms with van der Waals surface area (Å²) < 4.78 is 19.4. The van der Waals surface area contributed by atoms with E-state index in [0.717, 1.165) is 35.6 Å². The predicted molar refractivity (Wildman–Crippen MR) is 133 cm³/mol. The number of benzene rings is 2. The molecule has 0 saturated heterocycles. The van der Waals surface area contributed by atoms with E-state index in [9.17, 15) is 33.8 Å². The lowest BCUT2D eigenvalue weighted by Crippen LogP contribution is -2.32. The molecule has 0 aliphatic carbocycles. The lowest BCUT2D eigenvalue weighted by atomic mass is 9.87. The quantitative estimate of drug-likeness (QED) is 0.157. The molecule has 3 rings (SSSR count). The van der Waals surface area contributed by atoms with Gasteiger partial charge in [0, 0.05) is 16.0 Å². The van der Waals surface area contributed by atoms with Gasteiger partial charge in [0.25, 0.3) is 0 Å². The first kappa shape index (κ1) is 27.5. The minimum absolute atomic E-state index is 0.0226. The van der Waals surface area contributed by atoms with Gasteiger partial charge in [-0.15, -0.1) is 11.3 Å². The second kappa shape index (κ2) is 10.9. The highest BCUT2D eigenvalue weighted by molar-refractivity contribution is 7.14. The van der Waals surface area contributed by atoms with Crippen molar-refractivity contribution in [2.45, 2.75) is 26.4 Å². The highest BCUT2D eigenvalue weighted by Gasteiger charge is 2.30. The number of carboxylic acids is 2. The number of hydrogen-bond acceptors (Lipinski definition) is 8. The average molecular weight is 530 g/mol. The molecule has 1 amide bonds. The number of anilines is 1. The normalized spacial score (nSPS) is 11.3. The van der Waals surface area contributed by atoms with Crippen molar-refractivity contribution < 1.29 is 38.5 Å². The van der Waals surface area contributed by atoms with E-state index in [1.807, 2.05) is 0 Å². The van der Waals surface area contributed by atoms with Crippen LogP contribution in [0, 0.1) is 11.2 Å². The van der Waals surface area contributed by atoms with Crippen molar-refractivity contribution in [1.82, 2.24) is 0 Å². The summed E-state index contributed by atoms with van der Waals surface area (Å²) in [6, 6.07) is 10.2. The zero-order chi connectivity index (χ0) is 27.5. The Morgan fingerprint density at radius 1 is 1.00 bits per heavy atom. The lowest BCUT2D eigenvalue weighted by Gasteiger charge is -2.23. The summed E-state index contributed by atoms with van der Waals surface area (Å²) in [5.41, 5.74) is 9.78. The molecule has 3 aromatic rings. The maximum absolute atomic E-state index is 14.2. The van der Waals surface area contributed by atoms with Gasteiger partial charge < -0.3 is 31.7 Å². The number of amides is 1. The molecule has 2 aromatic carbocycles. The molecule has 12 heteroatoms. The van der Waals surface area contributed by atoms with Gasteiger partial charge >= 0.3 is 17.9 Å². The Kier molecular flexibility index (Phi) is 8.06. The Labute approximate surface area is 214 Å². The second-order valence-electron chi connectivity index (χ2n) is 8.80. The van der Waals surface area contributed by atoms with Gasteiger partial charge in [0.1, 0.15) is 4.88 Å². The third-order valence-electron chi connectivity index (χ3n) is 5.32. The molecule has 0 aliphatic rings. The van der Waals surface area contributed by atoms with Gasteiger partial charge in [-0.1, -0.05) is 19.9 Å². The van der Waals surface area contributed by atoms with E-state index in [-0.39, 0.29) is 33.9 Å². The van der Waals surface area contributed by atoms with Crippen LogP contribution in [0.3, 0.4) is 0 Å². The maximum atomic E-state index is 14.2. The number of nitrogens with one attached hydrogen (secondary N) is 1. The lowest BCUT2D eigenvalue weighted by molar-refractivity contribution is -0.123. The average Bonchev–Trinajstić information content (AvgIpc) is 3.27. The maximum Gasteiger partial charge on any atom is 0.353 e. The van der Waals surface area contributed by atoms with E-state index in [0.29, 0.717) is 10.4 Å². The molecule has 0 aliphatic heterocycles. The molecular formula is C25H24FN3O7S. The Morgan fingerprint density at radius 3 is 2.16 bits per heavy atom. The Balaban J connectivity index is 1.70. The van der Waals surface area contributed by atoms with Crippen LogP contribution >= 0.6 is 11.3 Å². The molecule has 0 fully saturated rings. The Morgan fingerprint density at radius 2 is 1.62 bits per heavy atom. The van der Waals surface area contributed by atoms with Crippen LogP contribution in [0.2, 0.25) is 0 Å². The van der Waals surface area contributed by atoms with Crippen LogP contribution in [-0.2, 0) is 11.2 Å². The predicted octanol–water partition coefficient (Wildman–Crippen LogP) is 3.63. The minimum Gasteiger partial charge on any atom is -0.478 e. The van der Waals surface area contributed by atoms with Crippen LogP contribution in [0.1, 0.15) is 60.8 Å². The van der Waals surface area contributed by atoms with Gasteiger partial charge in [0.15, 0.2) is 11.6 Å². The summed E-state index contributed by atoms with van der Waals surface area (Å²) in [5, 5.41) is 21.0. The van der Waals surface area contributed by atoms with Gasteiger partial charge in [-0.05, 0) is 54.4 Å². The highest BCUT2D eigenvalue weighted by atomic mass is 32.1. The summed E-state index contributed by atoms with van der Waals surface area (Å²) in [5.74, 6) is -5.03. The van der Waals surface area contributed by atoms with E-state index < -0.39 is 41.2 Å². The van der Waals surface area contributed by atoms with Gasteiger partial charge in [-0.3, -0.25) is 4.79 Å². The van der Waals surface area contributed by atoms with Crippen molar-refractivity contribution in [3.8, 4) is 5.75 Å². The van der Waals surface area contributed by atoms with Crippen LogP contribution in [-0.4, -0.2) is 34.0 Å². The molecule has 37 heavy (non-hydrogen) atoms. The molecule has 0 spiro atoms. The number of rotatable bonds is 9. The monoisotopic (exact) mass is 529 g/mol. The highest BCUT2D eigenvalue weighted by Crippen LogP contribution is 2.30. The smallest absolute Gasteiger partial charge is 0.353 e. The van der Waals surface area contributed by atoms with E-state index in [4.69, 9.17) is 16.2 Å². The topological polar surface area (TPSA) is 182 Å². The molecule has 0 unspecified atom stereocenters. The number of ether oxygens (including phenoxy) is 1. The fraction of sp³-hybridized carbons (Fsp3) is 0.200. The van der Waals surface area contributed by atoms with Crippen molar-refractivity contribution >= 4 is 40.8 Å². The second-order valence-corrected chi connectivity index (χ2v) is 9.96. The van der Waals surface area contributed by atoms with E-state index in [2.05, 4.69) is 5.32 Å². The fourth-order valence-corrected chi connectivity index (χ4v) is 4.42. The zero-order valence-corrected chi connectivity index (χ0v) is 20.6. The molecule has 0 atom stereocenters. The van der Waals surface area contributed by atoms with Gasteiger partial charge in [0.2, 0.25) is 5.91 Å². The van der Waals surface area contributed by atoms with Gasteiger partial charge in [-0.2, -0.15) is 0 Å². The summed E-state index contributed by atoms with van der Waals surface area (Å²) >= 11 is 1.07. The van der Waals surface area contributed by atoms with Gasteiger partial charge in [0.05, 0.1) is 17.3 Å². The number of hydrogen-bond donors (Lipinski definition) is 5. The third kappa shape index (κ3) is 6.76. The number of carboxylic acid groups (broad SMARTS) is 2. The molecule has 1 aromatic heterocycles. The van der Waals surface area contributed by atoms with E-state index in [1.165, 1.54) is 18.2 Å². The molecule has 0 saturated carbocycles. The number of carbonyl (C=O) groups excluding carboxylic acids is 2. The molecule has 0 radical (unpaired) electrons. The molecule has 0 bridgehead atoms. The summed E-state index contributed by atoms with van der Waals surface area (Å²) in [4.78, 5) is 48.9. The molecule has 10 nitrogen and oxygen atoms in total. The van der Waals surface area contributed by atoms with Crippen LogP contribution < -0.4 is 21.5 Å². The molecule has 7 N–H and O–H groups in total. The van der Waals surface area contributed by atoms with Crippen molar-refractivity contribution in [3.63, 3.8) is 0 Å². The van der Waals surface area contributed by atoms with E-state index in [1.54, 1.807) is 19.9 Å². The number of esters is 1. The number of aromatic carboxylic acids is 2. The fourth-order valence-electron chi connectivity index (χ4n) is 3.30.